The van der Waals surface area contributed by atoms with E-state index in [0.717, 1.165) is 12.8 Å². The first kappa shape index (κ1) is 29.3. The van der Waals surface area contributed by atoms with Crippen molar-refractivity contribution in [3.63, 3.8) is 0 Å². The number of hydrogen-bond acceptors (Lipinski definition) is 7. The highest BCUT2D eigenvalue weighted by atomic mass is 16.7. The Labute approximate surface area is 193 Å². The van der Waals surface area contributed by atoms with E-state index in [1.807, 2.05) is 0 Å². The molecule has 8 heteroatoms. The van der Waals surface area contributed by atoms with Crippen LogP contribution in [0.4, 0.5) is 0 Å². The first-order valence-electron chi connectivity index (χ1n) is 12.7. The number of amides is 1. The normalized spacial score (nSPS) is 25.7. The van der Waals surface area contributed by atoms with E-state index in [1.165, 1.54) is 77.0 Å². The number of nitrogens with one attached hydrogen (secondary N) is 1. The molecule has 0 aromatic heterocycles. The molecule has 1 fully saturated rings. The van der Waals surface area contributed by atoms with Gasteiger partial charge >= 0.3 is 0 Å². The summed E-state index contributed by atoms with van der Waals surface area (Å²) in [5.74, 6) is -0.336. The fraction of sp³-hybridized carbons (Fsp3) is 0.958. The number of carbonyl (C=O) groups excluding carboxylic acids is 1. The largest absolute Gasteiger partial charge is 0.394 e. The molecule has 0 aromatic carbocycles. The molecular weight excluding hydrogens is 414 g/mol. The second-order valence-electron chi connectivity index (χ2n) is 8.95. The van der Waals surface area contributed by atoms with Crippen molar-refractivity contribution >= 4 is 5.91 Å². The molecule has 32 heavy (non-hydrogen) atoms. The van der Waals surface area contributed by atoms with Crippen LogP contribution in [-0.2, 0) is 14.3 Å². The lowest BCUT2D eigenvalue weighted by molar-refractivity contribution is -0.299. The predicted octanol–water partition coefficient (Wildman–Crippen LogP) is 2.40. The third-order valence-corrected chi connectivity index (χ3v) is 6.08. The minimum atomic E-state index is -1.51. The molecule has 0 aliphatic carbocycles. The molecule has 1 rings (SSSR count). The third kappa shape index (κ3) is 12.5. The van der Waals surface area contributed by atoms with Crippen LogP contribution in [0.2, 0.25) is 0 Å². The number of rotatable bonds is 19. The summed E-state index contributed by atoms with van der Waals surface area (Å²) in [5.41, 5.74) is 0. The van der Waals surface area contributed by atoms with Crippen LogP contribution in [0.5, 0.6) is 0 Å². The van der Waals surface area contributed by atoms with E-state index < -0.39 is 37.3 Å². The van der Waals surface area contributed by atoms with Gasteiger partial charge in [-0.3, -0.25) is 4.79 Å². The molecule has 1 saturated heterocycles. The van der Waals surface area contributed by atoms with Gasteiger partial charge in [0.1, 0.15) is 31.0 Å². The highest BCUT2D eigenvalue weighted by molar-refractivity contribution is 5.77. The lowest BCUT2D eigenvalue weighted by Gasteiger charge is -2.39. The Bertz CT molecular complexity index is 464. The lowest BCUT2D eigenvalue weighted by Crippen LogP contribution is -2.59. The molecule has 5 N–H and O–H groups in total. The number of aliphatic hydroxyl groups excluding tert-OH is 4. The second-order valence-corrected chi connectivity index (χ2v) is 8.95. The zero-order valence-corrected chi connectivity index (χ0v) is 19.9. The highest BCUT2D eigenvalue weighted by Gasteiger charge is 2.44. The smallest absolute Gasteiger partial charge is 0.246 e. The summed E-state index contributed by atoms with van der Waals surface area (Å²) in [7, 11) is 0. The molecule has 1 aliphatic heterocycles. The summed E-state index contributed by atoms with van der Waals surface area (Å²) in [4.78, 5) is 11.9. The fourth-order valence-electron chi connectivity index (χ4n) is 3.96. The Morgan fingerprint density at radius 3 is 1.78 bits per heavy atom. The van der Waals surface area contributed by atoms with Crippen LogP contribution in [0.15, 0.2) is 0 Å². The quantitative estimate of drug-likeness (QED) is 0.187. The molecular formula is C24H47NO7. The summed E-state index contributed by atoms with van der Waals surface area (Å²) in [6.07, 6.45) is 11.2. The first-order valence-corrected chi connectivity index (χ1v) is 12.7. The van der Waals surface area contributed by atoms with Crippen molar-refractivity contribution in [1.29, 1.82) is 0 Å². The summed E-state index contributed by atoms with van der Waals surface area (Å²) in [5, 5.41) is 41.2. The van der Waals surface area contributed by atoms with E-state index in [-0.39, 0.29) is 12.5 Å². The van der Waals surface area contributed by atoms with Gasteiger partial charge in [-0.15, -0.1) is 0 Å². The van der Waals surface area contributed by atoms with Gasteiger partial charge in [0.2, 0.25) is 5.91 Å². The Balaban J connectivity index is 1.92. The molecule has 0 spiro atoms. The topological polar surface area (TPSA) is 128 Å². The van der Waals surface area contributed by atoms with Crippen LogP contribution in [0.1, 0.15) is 96.8 Å². The van der Waals surface area contributed by atoms with Crippen LogP contribution in [0.3, 0.4) is 0 Å². The summed E-state index contributed by atoms with van der Waals surface area (Å²) < 4.78 is 10.4. The number of carbonyl (C=O) groups is 1. The minimum Gasteiger partial charge on any atom is -0.394 e. The Morgan fingerprint density at radius 1 is 0.781 bits per heavy atom. The van der Waals surface area contributed by atoms with Gasteiger partial charge in [-0.25, -0.2) is 0 Å². The SMILES string of the molecule is CCCCCCCCCCCCCCCCNC(=O)CO[C@H]1O[C@H](CO)[C@@H](O)[C@H](O)[C@H]1O. The molecule has 0 bridgehead atoms. The molecule has 1 aliphatic rings. The highest BCUT2D eigenvalue weighted by Crippen LogP contribution is 2.21. The van der Waals surface area contributed by atoms with Gasteiger partial charge in [0, 0.05) is 6.54 Å². The van der Waals surface area contributed by atoms with Crippen molar-refractivity contribution in [3.8, 4) is 0 Å². The summed E-state index contributed by atoms with van der Waals surface area (Å²) in [6.45, 7) is 1.95. The molecule has 5 atom stereocenters. The van der Waals surface area contributed by atoms with Gasteiger partial charge in [0.25, 0.3) is 0 Å². The Kier molecular flexibility index (Phi) is 17.0. The molecule has 0 unspecified atom stereocenters. The van der Waals surface area contributed by atoms with Gasteiger partial charge in [-0.1, -0.05) is 90.4 Å². The third-order valence-electron chi connectivity index (χ3n) is 6.08. The predicted molar refractivity (Wildman–Crippen MR) is 123 cm³/mol. The maximum absolute atomic E-state index is 11.9. The van der Waals surface area contributed by atoms with E-state index in [0.29, 0.717) is 6.54 Å². The second kappa shape index (κ2) is 18.6. The Hall–Kier alpha value is -0.770. The standard InChI is InChI=1S/C24H47NO7/c1-2-3-4-5-6-7-8-9-10-11-12-13-14-15-16-25-20(27)18-31-24-23(30)22(29)21(28)19(17-26)32-24/h19,21-24,26,28-30H,2-18H2,1H3,(H,25,27)/t19-,21-,22+,23-,24+/m1/s1. The molecule has 190 valence electrons. The van der Waals surface area contributed by atoms with E-state index in [4.69, 9.17) is 14.6 Å². The van der Waals surface area contributed by atoms with E-state index in [9.17, 15) is 20.1 Å². The Morgan fingerprint density at radius 2 is 1.28 bits per heavy atom. The van der Waals surface area contributed by atoms with E-state index >= 15 is 0 Å². The molecule has 0 saturated carbocycles. The number of ether oxygens (including phenoxy) is 2. The monoisotopic (exact) mass is 461 g/mol. The summed E-state index contributed by atoms with van der Waals surface area (Å²) >= 11 is 0. The van der Waals surface area contributed by atoms with Gasteiger partial charge in [0.05, 0.1) is 6.61 Å². The van der Waals surface area contributed by atoms with Crippen LogP contribution in [0, 0.1) is 0 Å². The molecule has 0 aromatic rings. The average Bonchev–Trinajstić information content (AvgIpc) is 2.79. The van der Waals surface area contributed by atoms with Crippen molar-refractivity contribution in [1.82, 2.24) is 5.32 Å². The minimum absolute atomic E-state index is 0.332. The zero-order chi connectivity index (χ0) is 23.6. The van der Waals surface area contributed by atoms with Crippen molar-refractivity contribution in [2.24, 2.45) is 0 Å². The lowest BCUT2D eigenvalue weighted by atomic mass is 9.99. The number of aliphatic hydroxyl groups is 4. The molecule has 0 radical (unpaired) electrons. The van der Waals surface area contributed by atoms with Crippen molar-refractivity contribution < 1.29 is 34.7 Å². The zero-order valence-electron chi connectivity index (χ0n) is 19.9. The van der Waals surface area contributed by atoms with Crippen LogP contribution >= 0.6 is 0 Å². The fourth-order valence-corrected chi connectivity index (χ4v) is 3.96. The van der Waals surface area contributed by atoms with Crippen LogP contribution in [0.25, 0.3) is 0 Å². The molecule has 1 heterocycles. The van der Waals surface area contributed by atoms with Gasteiger partial charge in [-0.05, 0) is 6.42 Å². The van der Waals surface area contributed by atoms with Crippen LogP contribution < -0.4 is 5.32 Å². The maximum atomic E-state index is 11.9. The van der Waals surface area contributed by atoms with E-state index in [1.54, 1.807) is 0 Å². The van der Waals surface area contributed by atoms with Gasteiger partial charge in [0.15, 0.2) is 6.29 Å². The first-order chi connectivity index (χ1) is 15.5. The van der Waals surface area contributed by atoms with Crippen molar-refractivity contribution in [3.05, 3.63) is 0 Å². The maximum Gasteiger partial charge on any atom is 0.246 e. The van der Waals surface area contributed by atoms with Gasteiger partial charge < -0.3 is 35.2 Å². The van der Waals surface area contributed by atoms with Gasteiger partial charge in [-0.2, -0.15) is 0 Å². The molecule has 8 nitrogen and oxygen atoms in total. The van der Waals surface area contributed by atoms with Crippen molar-refractivity contribution in [2.45, 2.75) is 128 Å². The average molecular weight is 462 g/mol. The van der Waals surface area contributed by atoms with E-state index in [2.05, 4.69) is 12.2 Å². The number of unbranched alkanes of at least 4 members (excludes halogenated alkanes) is 13. The van der Waals surface area contributed by atoms with Crippen molar-refractivity contribution in [2.75, 3.05) is 19.8 Å². The summed E-state index contributed by atoms with van der Waals surface area (Å²) in [6, 6.07) is 0. The van der Waals surface area contributed by atoms with Crippen LogP contribution in [-0.4, -0.2) is 76.8 Å². The number of hydrogen-bond donors (Lipinski definition) is 5. The molecule has 1 amide bonds.